The zero-order chi connectivity index (χ0) is 16.2. The highest BCUT2D eigenvalue weighted by atomic mass is 19.4. The third-order valence-corrected chi connectivity index (χ3v) is 2.18. The molecule has 0 fully saturated rings. The van der Waals surface area contributed by atoms with Gasteiger partial charge in [0, 0.05) is 11.1 Å². The molecule has 116 valence electrons. The fourth-order valence-corrected chi connectivity index (χ4v) is 1.35. The highest BCUT2D eigenvalue weighted by Crippen LogP contribution is 2.34. The van der Waals surface area contributed by atoms with Crippen LogP contribution in [0.1, 0.15) is 5.56 Å². The molecule has 0 aromatic carbocycles. The van der Waals surface area contributed by atoms with Gasteiger partial charge in [-0.2, -0.15) is 0 Å². The maximum Gasteiger partial charge on any atom is 0.575 e. The lowest BCUT2D eigenvalue weighted by molar-refractivity contribution is -0.390. The number of rotatable bonds is 5. The number of alkyl halides is 3. The predicted octanol–water partition coefficient (Wildman–Crippen LogP) is 1.61. The summed E-state index contributed by atoms with van der Waals surface area (Å²) in [5, 5.41) is 10.8. The van der Waals surface area contributed by atoms with Crippen molar-refractivity contribution >= 4 is 11.8 Å². The van der Waals surface area contributed by atoms with Crippen molar-refractivity contribution in [2.75, 3.05) is 14.2 Å². The van der Waals surface area contributed by atoms with E-state index in [-0.39, 0.29) is 5.56 Å². The maximum atomic E-state index is 12.2. The van der Waals surface area contributed by atoms with Crippen molar-refractivity contribution in [2.24, 2.45) is 0 Å². The summed E-state index contributed by atoms with van der Waals surface area (Å²) in [7, 11) is 2.08. The van der Waals surface area contributed by atoms with Gasteiger partial charge in [0.15, 0.2) is 0 Å². The number of aromatic nitrogens is 1. The minimum atomic E-state index is -5.10. The Balaban J connectivity index is 3.33. The van der Waals surface area contributed by atoms with E-state index < -0.39 is 41.1 Å². The molecule has 1 heterocycles. The van der Waals surface area contributed by atoms with Crippen LogP contribution in [-0.4, -0.2) is 36.5 Å². The Bertz CT molecular complexity index is 560. The first-order valence-electron chi connectivity index (χ1n) is 5.22. The molecule has 0 saturated heterocycles. The summed E-state index contributed by atoms with van der Waals surface area (Å²) < 4.78 is 49.1. The van der Waals surface area contributed by atoms with Gasteiger partial charge in [0.05, 0.1) is 26.2 Å². The molecule has 1 aromatic rings. The number of carbonyl (C=O) groups excluding carboxylic acids is 1. The van der Waals surface area contributed by atoms with Gasteiger partial charge < -0.3 is 24.3 Å². The number of ether oxygens (including phenoxy) is 3. The lowest BCUT2D eigenvalue weighted by Crippen LogP contribution is -2.19. The number of nitro groups is 1. The molecule has 0 aliphatic carbocycles. The van der Waals surface area contributed by atoms with Crippen molar-refractivity contribution < 1.29 is 37.1 Å². The second-order valence-electron chi connectivity index (χ2n) is 3.54. The monoisotopic (exact) mass is 310 g/mol. The van der Waals surface area contributed by atoms with Crippen LogP contribution in [0.25, 0.3) is 0 Å². The van der Waals surface area contributed by atoms with Crippen molar-refractivity contribution in [1.29, 1.82) is 0 Å². The highest BCUT2D eigenvalue weighted by Gasteiger charge is 2.37. The van der Waals surface area contributed by atoms with Crippen LogP contribution >= 0.6 is 0 Å². The fraction of sp³-hybridized carbons (Fsp3) is 0.400. The molecule has 0 radical (unpaired) electrons. The summed E-state index contributed by atoms with van der Waals surface area (Å²) in [5.74, 6) is -3.41. The normalized spacial score (nSPS) is 10.9. The van der Waals surface area contributed by atoms with Crippen molar-refractivity contribution in [2.45, 2.75) is 12.8 Å². The largest absolute Gasteiger partial charge is 0.575 e. The predicted molar refractivity (Wildman–Crippen MR) is 59.8 cm³/mol. The number of nitrogens with zero attached hydrogens (tertiary/aromatic N) is 2. The van der Waals surface area contributed by atoms with Crippen molar-refractivity contribution in [3.63, 3.8) is 0 Å². The van der Waals surface area contributed by atoms with E-state index in [2.05, 4.69) is 19.2 Å². The number of esters is 1. The molecule has 0 aliphatic rings. The molecule has 0 bridgehead atoms. The van der Waals surface area contributed by atoms with E-state index in [9.17, 15) is 28.1 Å². The van der Waals surface area contributed by atoms with Crippen LogP contribution in [0.2, 0.25) is 0 Å². The van der Waals surface area contributed by atoms with Gasteiger partial charge in [-0.15, -0.1) is 13.2 Å². The van der Waals surface area contributed by atoms with Crippen LogP contribution in [0.15, 0.2) is 6.07 Å². The summed E-state index contributed by atoms with van der Waals surface area (Å²) in [4.78, 5) is 24.1. The zero-order valence-corrected chi connectivity index (χ0v) is 10.8. The minimum absolute atomic E-state index is 0.266. The third kappa shape index (κ3) is 4.47. The first-order chi connectivity index (χ1) is 9.67. The fourth-order valence-electron chi connectivity index (χ4n) is 1.35. The Morgan fingerprint density at radius 3 is 2.48 bits per heavy atom. The van der Waals surface area contributed by atoms with Crippen LogP contribution in [0, 0.1) is 10.1 Å². The first-order valence-corrected chi connectivity index (χ1v) is 5.22. The lowest BCUT2D eigenvalue weighted by atomic mass is 10.2. The Morgan fingerprint density at radius 2 is 2.05 bits per heavy atom. The topological polar surface area (TPSA) is 101 Å². The van der Waals surface area contributed by atoms with E-state index in [1.54, 1.807) is 0 Å². The third-order valence-electron chi connectivity index (χ3n) is 2.18. The van der Waals surface area contributed by atoms with Gasteiger partial charge in [0.2, 0.25) is 5.75 Å². The first kappa shape index (κ1) is 16.5. The number of methoxy groups -OCH3 is 2. The van der Waals surface area contributed by atoms with E-state index in [1.165, 1.54) is 0 Å². The van der Waals surface area contributed by atoms with E-state index in [0.29, 0.717) is 0 Å². The van der Waals surface area contributed by atoms with Crippen molar-refractivity contribution in [3.05, 3.63) is 21.7 Å². The molecule has 21 heavy (non-hydrogen) atoms. The van der Waals surface area contributed by atoms with Crippen LogP contribution in [0.4, 0.5) is 19.0 Å². The Labute approximate surface area is 115 Å². The summed E-state index contributed by atoms with van der Waals surface area (Å²) in [5.41, 5.74) is -0.266. The second-order valence-corrected chi connectivity index (χ2v) is 3.54. The Morgan fingerprint density at radius 1 is 1.43 bits per heavy atom. The molecule has 0 aliphatic heterocycles. The maximum absolute atomic E-state index is 12.2. The summed E-state index contributed by atoms with van der Waals surface area (Å²) in [6.07, 6.45) is -5.65. The molecule has 1 rings (SSSR count). The molecule has 0 unspecified atom stereocenters. The van der Waals surface area contributed by atoms with E-state index in [4.69, 9.17) is 0 Å². The smallest absolute Gasteiger partial charge is 0.489 e. The van der Waals surface area contributed by atoms with Crippen LogP contribution in [-0.2, 0) is 16.0 Å². The van der Waals surface area contributed by atoms with Crippen LogP contribution in [0.5, 0.6) is 11.6 Å². The Kier molecular flexibility index (Phi) is 4.89. The SMILES string of the molecule is COC(=O)Cc1cc(OC)c(OC(F)(F)F)nc1[N+](=O)[O-]. The van der Waals surface area contributed by atoms with E-state index in [0.717, 1.165) is 20.3 Å². The molecule has 11 heteroatoms. The number of carbonyl (C=O) groups is 1. The van der Waals surface area contributed by atoms with Gasteiger partial charge in [-0.25, -0.2) is 0 Å². The number of halogens is 3. The summed E-state index contributed by atoms with van der Waals surface area (Å²) >= 11 is 0. The summed E-state index contributed by atoms with van der Waals surface area (Å²) in [6, 6.07) is 0.864. The standard InChI is InChI=1S/C10H9F3N2O6/c1-19-6-3-5(4-7(16)20-2)8(15(17)18)14-9(6)21-10(11,12)13/h3H,4H2,1-2H3. The average Bonchev–Trinajstić information content (AvgIpc) is 2.37. The zero-order valence-electron chi connectivity index (χ0n) is 10.8. The van der Waals surface area contributed by atoms with Gasteiger partial charge in [-0.05, 0) is 4.92 Å². The second kappa shape index (κ2) is 6.24. The quantitative estimate of drug-likeness (QED) is 0.462. The number of hydrogen-bond acceptors (Lipinski definition) is 7. The average molecular weight is 310 g/mol. The molecule has 1 aromatic heterocycles. The lowest BCUT2D eigenvalue weighted by Gasteiger charge is -2.10. The summed E-state index contributed by atoms with van der Waals surface area (Å²) in [6.45, 7) is 0. The van der Waals surface area contributed by atoms with Crippen molar-refractivity contribution in [1.82, 2.24) is 4.98 Å². The van der Waals surface area contributed by atoms with Crippen LogP contribution in [0.3, 0.4) is 0 Å². The van der Waals surface area contributed by atoms with Gasteiger partial charge >= 0.3 is 24.0 Å². The number of pyridine rings is 1. The van der Waals surface area contributed by atoms with E-state index >= 15 is 0 Å². The highest BCUT2D eigenvalue weighted by molar-refractivity contribution is 5.74. The molecule has 0 amide bonds. The van der Waals surface area contributed by atoms with Gasteiger partial charge in [-0.3, -0.25) is 4.79 Å². The van der Waals surface area contributed by atoms with E-state index in [1.807, 2.05) is 0 Å². The van der Waals surface area contributed by atoms with Gasteiger partial charge in [-0.1, -0.05) is 0 Å². The molecule has 8 nitrogen and oxygen atoms in total. The number of hydrogen-bond donors (Lipinski definition) is 0. The van der Waals surface area contributed by atoms with Gasteiger partial charge in [0.25, 0.3) is 0 Å². The van der Waals surface area contributed by atoms with Gasteiger partial charge in [0.1, 0.15) is 0 Å². The Hall–Kier alpha value is -2.59. The molecule has 0 spiro atoms. The molecule has 0 N–H and O–H groups in total. The minimum Gasteiger partial charge on any atom is -0.489 e. The molecule has 0 saturated carbocycles. The van der Waals surface area contributed by atoms with Crippen LogP contribution < -0.4 is 9.47 Å². The molecular weight excluding hydrogens is 301 g/mol. The molecular formula is C10H9F3N2O6. The molecule has 0 atom stereocenters. The van der Waals surface area contributed by atoms with Crippen molar-refractivity contribution in [3.8, 4) is 11.6 Å².